The van der Waals surface area contributed by atoms with E-state index >= 15 is 0 Å². The second-order valence-corrected chi connectivity index (χ2v) is 10.4. The van der Waals surface area contributed by atoms with Crippen molar-refractivity contribution in [2.45, 2.75) is 18.1 Å². The summed E-state index contributed by atoms with van der Waals surface area (Å²) in [7, 11) is 3.16. The van der Waals surface area contributed by atoms with Crippen LogP contribution in [0.5, 0.6) is 11.5 Å². The Morgan fingerprint density at radius 2 is 1.82 bits per heavy atom. The van der Waals surface area contributed by atoms with Crippen molar-refractivity contribution in [2.75, 3.05) is 25.3 Å². The van der Waals surface area contributed by atoms with Gasteiger partial charge < -0.3 is 14.8 Å². The molecule has 5 rings (SSSR count). The van der Waals surface area contributed by atoms with Gasteiger partial charge in [-0.2, -0.15) is 0 Å². The molecule has 38 heavy (non-hydrogen) atoms. The first-order chi connectivity index (χ1) is 18.5. The Kier molecular flexibility index (Phi) is 7.62. The molecule has 0 bridgehead atoms. The lowest BCUT2D eigenvalue weighted by molar-refractivity contribution is -0.113. The van der Waals surface area contributed by atoms with Crippen LogP contribution in [0.1, 0.15) is 5.56 Å². The maximum absolute atomic E-state index is 13.7. The van der Waals surface area contributed by atoms with Gasteiger partial charge in [-0.25, -0.2) is 9.37 Å². The number of hydrogen-bond donors (Lipinski definition) is 1. The summed E-state index contributed by atoms with van der Waals surface area (Å²) in [6.07, 6.45) is 0.549. The summed E-state index contributed by atoms with van der Waals surface area (Å²) in [5.41, 5.74) is 1.96. The second kappa shape index (κ2) is 11.2. The van der Waals surface area contributed by atoms with E-state index in [1.807, 2.05) is 42.5 Å². The third-order valence-corrected chi connectivity index (χ3v) is 8.10. The molecule has 0 saturated carbocycles. The number of aryl methyl sites for hydroxylation is 1. The first-order valence-corrected chi connectivity index (χ1v) is 13.6. The first kappa shape index (κ1) is 25.7. The highest BCUT2D eigenvalue weighted by Gasteiger charge is 2.18. The smallest absolute Gasteiger partial charge is 0.272 e. The summed E-state index contributed by atoms with van der Waals surface area (Å²) in [4.78, 5) is 31.2. The summed E-state index contributed by atoms with van der Waals surface area (Å²) in [6.45, 7) is 0.368. The molecule has 0 aliphatic rings. The number of halogens is 1. The van der Waals surface area contributed by atoms with Crippen LogP contribution >= 0.6 is 23.1 Å². The summed E-state index contributed by atoms with van der Waals surface area (Å²) in [6, 6.07) is 19.0. The number of thiophene rings is 1. The molecule has 3 aromatic carbocycles. The summed E-state index contributed by atoms with van der Waals surface area (Å²) in [5.74, 6) is 0.620. The molecule has 0 unspecified atom stereocenters. The zero-order valence-electron chi connectivity index (χ0n) is 20.7. The van der Waals surface area contributed by atoms with Crippen molar-refractivity contribution in [1.29, 1.82) is 0 Å². The van der Waals surface area contributed by atoms with Crippen LogP contribution in [0.15, 0.2) is 76.7 Å². The van der Waals surface area contributed by atoms with Crippen LogP contribution in [0.3, 0.4) is 0 Å². The lowest BCUT2D eigenvalue weighted by atomic mass is 10.1. The van der Waals surface area contributed by atoms with Crippen LogP contribution in [0.25, 0.3) is 20.3 Å². The van der Waals surface area contributed by atoms with Gasteiger partial charge in [0.15, 0.2) is 16.7 Å². The zero-order valence-corrected chi connectivity index (χ0v) is 22.3. The van der Waals surface area contributed by atoms with Gasteiger partial charge in [0.2, 0.25) is 5.91 Å². The largest absolute Gasteiger partial charge is 0.493 e. The highest BCUT2D eigenvalue weighted by Crippen LogP contribution is 2.32. The number of thioether (sulfide) groups is 1. The lowest BCUT2D eigenvalue weighted by Gasteiger charge is -2.13. The fourth-order valence-corrected chi connectivity index (χ4v) is 6.01. The van der Waals surface area contributed by atoms with E-state index in [0.717, 1.165) is 15.6 Å². The van der Waals surface area contributed by atoms with Gasteiger partial charge in [0.25, 0.3) is 5.56 Å². The predicted molar refractivity (Wildman–Crippen MR) is 150 cm³/mol. The molecule has 0 fully saturated rings. The summed E-state index contributed by atoms with van der Waals surface area (Å²) < 4.78 is 27.1. The molecule has 2 heterocycles. The molecule has 7 nitrogen and oxygen atoms in total. The number of benzene rings is 3. The van der Waals surface area contributed by atoms with Crippen molar-refractivity contribution in [3.63, 3.8) is 0 Å². The Morgan fingerprint density at radius 3 is 2.58 bits per heavy atom. The number of aromatic nitrogens is 2. The standard InChI is InChI=1S/C28H24FN3O4S2/c1-35-21-12-7-17(15-22(21)36-2)13-14-32-27(34)26-25(20-5-3-4-6-23(20)38-26)31-28(32)37-16-24(33)30-19-10-8-18(29)9-11-19/h3-12,15H,13-14,16H2,1-2H3,(H,30,33). The number of ether oxygens (including phenoxy) is 2. The molecule has 0 radical (unpaired) electrons. The second-order valence-electron chi connectivity index (χ2n) is 8.41. The van der Waals surface area contributed by atoms with E-state index in [4.69, 9.17) is 14.5 Å². The van der Waals surface area contributed by atoms with Gasteiger partial charge in [-0.05, 0) is 54.4 Å². The minimum Gasteiger partial charge on any atom is -0.493 e. The number of nitrogens with one attached hydrogen (secondary N) is 1. The van der Waals surface area contributed by atoms with Crippen molar-refractivity contribution < 1.29 is 18.7 Å². The number of rotatable bonds is 9. The Balaban J connectivity index is 1.45. The molecular formula is C28H24FN3O4S2. The van der Waals surface area contributed by atoms with Crippen LogP contribution in [0.4, 0.5) is 10.1 Å². The molecule has 0 aliphatic carbocycles. The number of fused-ring (bicyclic) bond motifs is 3. The van der Waals surface area contributed by atoms with Crippen LogP contribution in [-0.4, -0.2) is 35.4 Å². The van der Waals surface area contributed by atoms with Crippen LogP contribution in [0, 0.1) is 5.82 Å². The van der Waals surface area contributed by atoms with Gasteiger partial charge in [-0.3, -0.25) is 14.2 Å². The number of carbonyl (C=O) groups excluding carboxylic acids is 1. The Labute approximate surface area is 226 Å². The van der Waals surface area contributed by atoms with E-state index < -0.39 is 0 Å². The first-order valence-electron chi connectivity index (χ1n) is 11.8. The van der Waals surface area contributed by atoms with Crippen LogP contribution in [0.2, 0.25) is 0 Å². The number of methoxy groups -OCH3 is 2. The van der Waals surface area contributed by atoms with E-state index in [1.54, 1.807) is 18.8 Å². The highest BCUT2D eigenvalue weighted by atomic mass is 32.2. The molecule has 5 aromatic rings. The zero-order chi connectivity index (χ0) is 26.6. The van der Waals surface area contributed by atoms with Gasteiger partial charge in [0, 0.05) is 22.3 Å². The highest BCUT2D eigenvalue weighted by molar-refractivity contribution is 7.99. The number of hydrogen-bond acceptors (Lipinski definition) is 7. The van der Waals surface area contributed by atoms with E-state index in [2.05, 4.69) is 5.32 Å². The molecule has 1 amide bonds. The molecule has 1 N–H and O–H groups in total. The molecule has 10 heteroatoms. The van der Waals surface area contributed by atoms with Gasteiger partial charge >= 0.3 is 0 Å². The molecule has 2 aromatic heterocycles. The van der Waals surface area contributed by atoms with Crippen molar-refractivity contribution in [3.8, 4) is 11.5 Å². The average molecular weight is 550 g/mol. The van der Waals surface area contributed by atoms with Crippen LogP contribution < -0.4 is 20.3 Å². The quantitative estimate of drug-likeness (QED) is 0.187. The van der Waals surface area contributed by atoms with E-state index in [-0.39, 0.29) is 23.0 Å². The number of amides is 1. The van der Waals surface area contributed by atoms with Gasteiger partial charge in [-0.15, -0.1) is 11.3 Å². The Morgan fingerprint density at radius 1 is 1.05 bits per heavy atom. The lowest BCUT2D eigenvalue weighted by Crippen LogP contribution is -2.24. The molecule has 194 valence electrons. The number of carbonyl (C=O) groups is 1. The number of nitrogens with zero attached hydrogens (tertiary/aromatic N) is 2. The fraction of sp³-hybridized carbons (Fsp3) is 0.179. The van der Waals surface area contributed by atoms with Crippen molar-refractivity contribution in [3.05, 3.63) is 88.5 Å². The minimum absolute atomic E-state index is 0.0355. The van der Waals surface area contributed by atoms with Gasteiger partial charge in [0.1, 0.15) is 10.5 Å². The third kappa shape index (κ3) is 5.36. The molecule has 0 aliphatic heterocycles. The number of anilines is 1. The fourth-order valence-electron chi connectivity index (χ4n) is 4.10. The molecule has 0 saturated heterocycles. The predicted octanol–water partition coefficient (Wildman–Crippen LogP) is 5.74. The monoisotopic (exact) mass is 549 g/mol. The van der Waals surface area contributed by atoms with E-state index in [9.17, 15) is 14.0 Å². The SMILES string of the molecule is COc1ccc(CCn2c(SCC(=O)Nc3ccc(F)cc3)nc3c(sc4ccccc43)c2=O)cc1OC. The topological polar surface area (TPSA) is 82.5 Å². The summed E-state index contributed by atoms with van der Waals surface area (Å²) in [5, 5.41) is 4.12. The molecule has 0 spiro atoms. The van der Waals surface area contributed by atoms with Crippen molar-refractivity contribution >= 4 is 55.0 Å². The Hall–Kier alpha value is -3.89. The normalized spacial score (nSPS) is 11.1. The Bertz CT molecular complexity index is 1680. The van der Waals surface area contributed by atoms with E-state index in [0.29, 0.717) is 45.5 Å². The summed E-state index contributed by atoms with van der Waals surface area (Å²) >= 11 is 2.61. The molecule has 0 atom stereocenters. The maximum atomic E-state index is 13.7. The molecular weight excluding hydrogens is 525 g/mol. The van der Waals surface area contributed by atoms with Crippen molar-refractivity contribution in [2.24, 2.45) is 0 Å². The minimum atomic E-state index is -0.378. The third-order valence-electron chi connectivity index (χ3n) is 5.98. The van der Waals surface area contributed by atoms with Gasteiger partial charge in [-0.1, -0.05) is 36.0 Å². The van der Waals surface area contributed by atoms with E-state index in [1.165, 1.54) is 47.4 Å². The van der Waals surface area contributed by atoms with Crippen molar-refractivity contribution in [1.82, 2.24) is 9.55 Å². The van der Waals surface area contributed by atoms with Gasteiger partial charge in [0.05, 0.1) is 25.5 Å². The maximum Gasteiger partial charge on any atom is 0.272 e. The average Bonchev–Trinajstić information content (AvgIpc) is 3.31. The van der Waals surface area contributed by atoms with Crippen LogP contribution in [-0.2, 0) is 17.8 Å².